The molecule has 1 amide bonds. The van der Waals surface area contributed by atoms with Crippen molar-refractivity contribution in [3.05, 3.63) is 52.5 Å². The number of benzene rings is 2. The number of halogens is 2. The van der Waals surface area contributed by atoms with Crippen LogP contribution in [0.3, 0.4) is 0 Å². The minimum Gasteiger partial charge on any atom is -0.495 e. The van der Waals surface area contributed by atoms with E-state index >= 15 is 0 Å². The quantitative estimate of drug-likeness (QED) is 0.839. The van der Waals surface area contributed by atoms with Gasteiger partial charge in [-0.25, -0.2) is 0 Å². The van der Waals surface area contributed by atoms with Gasteiger partial charge in [0, 0.05) is 31.2 Å². The van der Waals surface area contributed by atoms with Crippen LogP contribution in [0.15, 0.2) is 42.5 Å². The predicted molar refractivity (Wildman–Crippen MR) is 107 cm³/mol. The Morgan fingerprint density at radius 1 is 1.12 bits per heavy atom. The Hall–Kier alpha value is -1.95. The summed E-state index contributed by atoms with van der Waals surface area (Å²) in [5, 5.41) is 4.18. The number of piperazine rings is 1. The zero-order chi connectivity index (χ0) is 18.5. The summed E-state index contributed by atoms with van der Waals surface area (Å²) >= 11 is 12.3. The van der Waals surface area contributed by atoms with E-state index in [1.165, 1.54) is 0 Å². The Kier molecular flexibility index (Phi) is 6.25. The molecule has 1 aliphatic rings. The fraction of sp³-hybridized carbons (Fsp3) is 0.316. The first kappa shape index (κ1) is 18.8. The largest absolute Gasteiger partial charge is 0.495 e. The number of para-hydroxylation sites is 1. The highest BCUT2D eigenvalue weighted by molar-refractivity contribution is 6.33. The van der Waals surface area contributed by atoms with Crippen LogP contribution in [0.25, 0.3) is 0 Å². The van der Waals surface area contributed by atoms with Gasteiger partial charge >= 0.3 is 0 Å². The lowest BCUT2D eigenvalue weighted by Gasteiger charge is -2.36. The second-order valence-electron chi connectivity index (χ2n) is 6.11. The van der Waals surface area contributed by atoms with E-state index in [9.17, 15) is 4.79 Å². The molecule has 7 heteroatoms. The van der Waals surface area contributed by atoms with Crippen molar-refractivity contribution in [3.63, 3.8) is 0 Å². The van der Waals surface area contributed by atoms with Crippen molar-refractivity contribution in [2.75, 3.05) is 50.1 Å². The molecule has 138 valence electrons. The van der Waals surface area contributed by atoms with Gasteiger partial charge in [-0.05, 0) is 30.3 Å². The molecule has 1 aliphatic heterocycles. The summed E-state index contributed by atoms with van der Waals surface area (Å²) in [5.41, 5.74) is 1.63. The van der Waals surface area contributed by atoms with Gasteiger partial charge < -0.3 is 15.0 Å². The van der Waals surface area contributed by atoms with Gasteiger partial charge in [-0.3, -0.25) is 9.69 Å². The van der Waals surface area contributed by atoms with Crippen molar-refractivity contribution >= 4 is 40.5 Å². The summed E-state index contributed by atoms with van der Waals surface area (Å²) < 4.78 is 5.26. The number of carbonyl (C=O) groups excluding carboxylic acids is 1. The maximum Gasteiger partial charge on any atom is 0.238 e. The van der Waals surface area contributed by atoms with Gasteiger partial charge in [0.1, 0.15) is 5.75 Å². The first-order chi connectivity index (χ1) is 12.6. The number of hydrogen-bond acceptors (Lipinski definition) is 4. The Balaban J connectivity index is 1.54. The smallest absolute Gasteiger partial charge is 0.238 e. The summed E-state index contributed by atoms with van der Waals surface area (Å²) in [7, 11) is 1.56. The van der Waals surface area contributed by atoms with Crippen LogP contribution in [0.4, 0.5) is 11.4 Å². The minimum absolute atomic E-state index is 0.0863. The van der Waals surface area contributed by atoms with E-state index < -0.39 is 0 Å². The van der Waals surface area contributed by atoms with Crippen LogP contribution >= 0.6 is 23.2 Å². The van der Waals surface area contributed by atoms with Gasteiger partial charge in [0.2, 0.25) is 5.91 Å². The van der Waals surface area contributed by atoms with Crippen LogP contribution in [0.2, 0.25) is 10.0 Å². The lowest BCUT2D eigenvalue weighted by Crippen LogP contribution is -2.48. The van der Waals surface area contributed by atoms with E-state index in [1.54, 1.807) is 25.3 Å². The molecular formula is C19H21Cl2N3O2. The Labute approximate surface area is 163 Å². The highest BCUT2D eigenvalue weighted by atomic mass is 35.5. The highest BCUT2D eigenvalue weighted by Crippen LogP contribution is 2.28. The average molecular weight is 394 g/mol. The van der Waals surface area contributed by atoms with E-state index in [1.807, 2.05) is 24.3 Å². The van der Waals surface area contributed by atoms with Crippen LogP contribution in [0.5, 0.6) is 5.75 Å². The summed E-state index contributed by atoms with van der Waals surface area (Å²) in [4.78, 5) is 16.8. The first-order valence-corrected chi connectivity index (χ1v) is 9.17. The van der Waals surface area contributed by atoms with Gasteiger partial charge in [0.05, 0.1) is 30.1 Å². The van der Waals surface area contributed by atoms with Crippen LogP contribution in [-0.4, -0.2) is 50.6 Å². The third kappa shape index (κ3) is 4.61. The summed E-state index contributed by atoms with van der Waals surface area (Å²) in [5.74, 6) is 0.503. The zero-order valence-corrected chi connectivity index (χ0v) is 16.1. The van der Waals surface area contributed by atoms with E-state index in [0.29, 0.717) is 23.0 Å². The second-order valence-corrected chi connectivity index (χ2v) is 6.95. The standard InChI is InChI=1S/C19H21Cl2N3O2/c1-26-18-7-6-14(20)12-16(18)22-19(25)13-23-8-10-24(11-9-23)17-5-3-2-4-15(17)21/h2-7,12H,8-11,13H2,1H3,(H,22,25). The van der Waals surface area contributed by atoms with E-state index in [4.69, 9.17) is 27.9 Å². The molecule has 0 unspecified atom stereocenters. The number of methoxy groups -OCH3 is 1. The van der Waals surface area contributed by atoms with E-state index in [0.717, 1.165) is 36.9 Å². The Bertz CT molecular complexity index is 777. The molecule has 0 saturated carbocycles. The van der Waals surface area contributed by atoms with Gasteiger partial charge in [0.25, 0.3) is 0 Å². The fourth-order valence-electron chi connectivity index (χ4n) is 3.03. The number of carbonyl (C=O) groups is 1. The molecule has 0 radical (unpaired) electrons. The van der Waals surface area contributed by atoms with Gasteiger partial charge in [-0.15, -0.1) is 0 Å². The molecule has 1 fully saturated rings. The van der Waals surface area contributed by atoms with Crippen molar-refractivity contribution in [1.82, 2.24) is 4.90 Å². The second kappa shape index (κ2) is 8.62. The maximum atomic E-state index is 12.4. The third-order valence-electron chi connectivity index (χ3n) is 4.37. The molecule has 1 saturated heterocycles. The minimum atomic E-state index is -0.0863. The summed E-state index contributed by atoms with van der Waals surface area (Å²) in [6.45, 7) is 3.58. The number of hydrogen-bond donors (Lipinski definition) is 1. The van der Waals surface area contributed by atoms with Crippen molar-refractivity contribution in [3.8, 4) is 5.75 Å². The molecule has 1 N–H and O–H groups in total. The number of ether oxygens (including phenoxy) is 1. The van der Waals surface area contributed by atoms with Crippen LogP contribution in [0, 0.1) is 0 Å². The van der Waals surface area contributed by atoms with Crippen molar-refractivity contribution in [2.24, 2.45) is 0 Å². The molecule has 0 atom stereocenters. The van der Waals surface area contributed by atoms with Crippen molar-refractivity contribution in [2.45, 2.75) is 0 Å². The number of nitrogens with zero attached hydrogens (tertiary/aromatic N) is 2. The first-order valence-electron chi connectivity index (χ1n) is 8.42. The number of rotatable bonds is 5. The number of anilines is 2. The molecule has 2 aromatic rings. The van der Waals surface area contributed by atoms with Crippen LogP contribution in [0.1, 0.15) is 0 Å². The Morgan fingerprint density at radius 2 is 1.85 bits per heavy atom. The molecular weight excluding hydrogens is 373 g/mol. The normalized spacial score (nSPS) is 15.0. The van der Waals surface area contributed by atoms with E-state index in [2.05, 4.69) is 15.1 Å². The molecule has 5 nitrogen and oxygen atoms in total. The molecule has 3 rings (SSSR count). The molecule has 1 heterocycles. The zero-order valence-electron chi connectivity index (χ0n) is 14.5. The predicted octanol–water partition coefficient (Wildman–Crippen LogP) is 3.76. The summed E-state index contributed by atoms with van der Waals surface area (Å²) in [6.07, 6.45) is 0. The number of nitrogens with one attached hydrogen (secondary N) is 1. The molecule has 26 heavy (non-hydrogen) atoms. The van der Waals surface area contributed by atoms with Gasteiger partial charge in [0.15, 0.2) is 0 Å². The molecule has 0 bridgehead atoms. The van der Waals surface area contributed by atoms with Gasteiger partial charge in [-0.2, -0.15) is 0 Å². The third-order valence-corrected chi connectivity index (χ3v) is 4.92. The average Bonchev–Trinajstić information content (AvgIpc) is 2.63. The van der Waals surface area contributed by atoms with E-state index in [-0.39, 0.29) is 5.91 Å². The SMILES string of the molecule is COc1ccc(Cl)cc1NC(=O)CN1CCN(c2ccccc2Cl)CC1. The molecule has 0 aromatic heterocycles. The van der Waals surface area contributed by atoms with Crippen molar-refractivity contribution in [1.29, 1.82) is 0 Å². The Morgan fingerprint density at radius 3 is 2.54 bits per heavy atom. The molecule has 2 aromatic carbocycles. The lowest BCUT2D eigenvalue weighted by molar-refractivity contribution is -0.117. The van der Waals surface area contributed by atoms with Gasteiger partial charge in [-0.1, -0.05) is 35.3 Å². The van der Waals surface area contributed by atoms with Crippen molar-refractivity contribution < 1.29 is 9.53 Å². The lowest BCUT2D eigenvalue weighted by atomic mass is 10.2. The van der Waals surface area contributed by atoms with Crippen LogP contribution in [-0.2, 0) is 4.79 Å². The summed E-state index contributed by atoms with van der Waals surface area (Å²) in [6, 6.07) is 13.0. The highest BCUT2D eigenvalue weighted by Gasteiger charge is 2.21. The topological polar surface area (TPSA) is 44.8 Å². The molecule has 0 aliphatic carbocycles. The number of amides is 1. The monoisotopic (exact) mass is 393 g/mol. The maximum absolute atomic E-state index is 12.4. The van der Waals surface area contributed by atoms with Crippen LogP contribution < -0.4 is 15.0 Å². The molecule has 0 spiro atoms. The fourth-order valence-corrected chi connectivity index (χ4v) is 3.45.